The molecule has 0 aliphatic carbocycles. The van der Waals surface area contributed by atoms with E-state index in [2.05, 4.69) is 36.6 Å². The zero-order valence-corrected chi connectivity index (χ0v) is 13.4. The van der Waals surface area contributed by atoms with Crippen LogP contribution in [0.5, 0.6) is 0 Å². The van der Waals surface area contributed by atoms with Crippen molar-refractivity contribution >= 4 is 21.4 Å². The monoisotopic (exact) mass is 289 g/mol. The minimum absolute atomic E-state index is 0.319. The Morgan fingerprint density at radius 3 is 2.65 bits per heavy atom. The number of fused-ring (bicyclic) bond motifs is 1. The molecule has 1 nitrogen and oxygen atoms in total. The molecule has 0 aliphatic rings. The van der Waals surface area contributed by atoms with E-state index in [-0.39, 0.29) is 0 Å². The molecule has 20 heavy (non-hydrogen) atoms. The van der Waals surface area contributed by atoms with Crippen LogP contribution in [0.1, 0.15) is 57.4 Å². The number of hydrogen-bond donors (Lipinski definition) is 1. The molecule has 0 radical (unpaired) electrons. The van der Waals surface area contributed by atoms with Crippen LogP contribution in [0.15, 0.2) is 29.6 Å². The Hall–Kier alpha value is -0.860. The molecule has 0 aliphatic heterocycles. The predicted molar refractivity (Wildman–Crippen MR) is 91.5 cm³/mol. The molecular formula is C18H27NS. The third-order valence-corrected chi connectivity index (χ3v) is 4.98. The molecule has 1 heterocycles. The van der Waals surface area contributed by atoms with Crippen molar-refractivity contribution in [3.8, 4) is 0 Å². The molecule has 1 unspecified atom stereocenters. The van der Waals surface area contributed by atoms with E-state index >= 15 is 0 Å². The Bertz CT molecular complexity index is 503. The van der Waals surface area contributed by atoms with Crippen molar-refractivity contribution in [2.24, 2.45) is 5.73 Å². The lowest BCUT2D eigenvalue weighted by Gasteiger charge is -2.11. The van der Waals surface area contributed by atoms with Crippen molar-refractivity contribution in [1.29, 1.82) is 0 Å². The number of thiophene rings is 1. The van der Waals surface area contributed by atoms with Gasteiger partial charge in [-0.1, -0.05) is 63.6 Å². The van der Waals surface area contributed by atoms with E-state index < -0.39 is 0 Å². The highest BCUT2D eigenvalue weighted by Gasteiger charge is 2.08. The molecule has 2 heteroatoms. The summed E-state index contributed by atoms with van der Waals surface area (Å²) in [5, 5.41) is 3.68. The zero-order chi connectivity index (χ0) is 14.2. The summed E-state index contributed by atoms with van der Waals surface area (Å²) in [5.41, 5.74) is 7.74. The van der Waals surface area contributed by atoms with Gasteiger partial charge in [0.2, 0.25) is 0 Å². The Morgan fingerprint density at radius 2 is 1.80 bits per heavy atom. The molecule has 2 aromatic rings. The first-order chi connectivity index (χ1) is 9.81. The summed E-state index contributed by atoms with van der Waals surface area (Å²) in [5.74, 6) is 0. The molecule has 1 atom stereocenters. The molecule has 0 saturated heterocycles. The third kappa shape index (κ3) is 4.60. The molecule has 1 aromatic carbocycles. The van der Waals surface area contributed by atoms with Gasteiger partial charge in [-0.15, -0.1) is 11.3 Å². The highest BCUT2D eigenvalue weighted by Crippen LogP contribution is 2.26. The van der Waals surface area contributed by atoms with Crippen LogP contribution in [0.4, 0.5) is 0 Å². The quantitative estimate of drug-likeness (QED) is 0.604. The second-order valence-electron chi connectivity index (χ2n) is 5.78. The predicted octanol–water partition coefficient (Wildman–Crippen LogP) is 5.52. The van der Waals surface area contributed by atoms with Gasteiger partial charge in [0.25, 0.3) is 0 Å². The Labute approximate surface area is 127 Å². The van der Waals surface area contributed by atoms with Crippen molar-refractivity contribution in [2.45, 2.75) is 64.3 Å². The lowest BCUT2D eigenvalue weighted by molar-refractivity contribution is 0.533. The van der Waals surface area contributed by atoms with Crippen molar-refractivity contribution in [2.75, 3.05) is 0 Å². The maximum atomic E-state index is 6.30. The van der Waals surface area contributed by atoms with Gasteiger partial charge < -0.3 is 5.73 Å². The highest BCUT2D eigenvalue weighted by atomic mass is 32.1. The second kappa shape index (κ2) is 8.43. The number of hydrogen-bond acceptors (Lipinski definition) is 2. The standard InChI is InChI=1S/C18H27NS/c1-2-3-4-5-6-7-10-16(19)13-15-14-20-18-12-9-8-11-17(15)18/h8-9,11-12,14,16H,2-7,10,13,19H2,1H3. The summed E-state index contributed by atoms with van der Waals surface area (Å²) in [6, 6.07) is 8.97. The molecule has 0 spiro atoms. The summed E-state index contributed by atoms with van der Waals surface area (Å²) < 4.78 is 1.38. The van der Waals surface area contributed by atoms with Crippen molar-refractivity contribution in [1.82, 2.24) is 0 Å². The van der Waals surface area contributed by atoms with Gasteiger partial charge in [-0.2, -0.15) is 0 Å². The van der Waals surface area contributed by atoms with Gasteiger partial charge in [-0.3, -0.25) is 0 Å². The van der Waals surface area contributed by atoms with Gasteiger partial charge >= 0.3 is 0 Å². The Kier molecular flexibility index (Phi) is 6.55. The van der Waals surface area contributed by atoms with Crippen molar-refractivity contribution < 1.29 is 0 Å². The molecule has 0 saturated carbocycles. The summed E-state index contributed by atoms with van der Waals surface area (Å²) in [7, 11) is 0. The van der Waals surface area contributed by atoms with Crippen molar-refractivity contribution in [3.05, 3.63) is 35.2 Å². The Morgan fingerprint density at radius 1 is 1.05 bits per heavy atom. The number of rotatable bonds is 9. The van der Waals surface area contributed by atoms with E-state index in [4.69, 9.17) is 5.73 Å². The van der Waals surface area contributed by atoms with E-state index in [1.54, 1.807) is 0 Å². The number of nitrogens with two attached hydrogens (primary N) is 1. The first kappa shape index (κ1) is 15.5. The van der Waals surface area contributed by atoms with Crippen LogP contribution < -0.4 is 5.73 Å². The topological polar surface area (TPSA) is 26.0 Å². The maximum Gasteiger partial charge on any atom is 0.0345 e. The van der Waals surface area contributed by atoms with Gasteiger partial charge in [0.1, 0.15) is 0 Å². The van der Waals surface area contributed by atoms with Crippen LogP contribution in [0.3, 0.4) is 0 Å². The zero-order valence-electron chi connectivity index (χ0n) is 12.6. The van der Waals surface area contributed by atoms with E-state index in [1.165, 1.54) is 54.2 Å². The molecule has 1 aromatic heterocycles. The van der Waals surface area contributed by atoms with Gasteiger partial charge in [0.15, 0.2) is 0 Å². The van der Waals surface area contributed by atoms with Gasteiger partial charge in [0.05, 0.1) is 0 Å². The molecule has 0 amide bonds. The van der Waals surface area contributed by atoms with Gasteiger partial charge in [-0.05, 0) is 35.2 Å². The van der Waals surface area contributed by atoms with E-state index in [9.17, 15) is 0 Å². The van der Waals surface area contributed by atoms with E-state index in [0.29, 0.717) is 6.04 Å². The fraction of sp³-hybridized carbons (Fsp3) is 0.556. The second-order valence-corrected chi connectivity index (χ2v) is 6.69. The number of unbranched alkanes of at least 4 members (excludes halogenated alkanes) is 5. The summed E-state index contributed by atoms with van der Waals surface area (Å²) in [4.78, 5) is 0. The molecule has 2 rings (SSSR count). The van der Waals surface area contributed by atoms with Crippen LogP contribution >= 0.6 is 11.3 Å². The molecule has 0 bridgehead atoms. The van der Waals surface area contributed by atoms with Gasteiger partial charge in [-0.25, -0.2) is 0 Å². The fourth-order valence-electron chi connectivity index (χ4n) is 2.76. The van der Waals surface area contributed by atoms with Crippen LogP contribution in [-0.4, -0.2) is 6.04 Å². The summed E-state index contributed by atoms with van der Waals surface area (Å²) >= 11 is 1.84. The summed E-state index contributed by atoms with van der Waals surface area (Å²) in [6.07, 6.45) is 10.3. The van der Waals surface area contributed by atoms with Crippen LogP contribution in [-0.2, 0) is 6.42 Å². The first-order valence-electron chi connectivity index (χ1n) is 8.02. The van der Waals surface area contributed by atoms with Crippen LogP contribution in [0.25, 0.3) is 10.1 Å². The first-order valence-corrected chi connectivity index (χ1v) is 8.90. The highest BCUT2D eigenvalue weighted by molar-refractivity contribution is 7.17. The average Bonchev–Trinajstić information content (AvgIpc) is 2.86. The fourth-order valence-corrected chi connectivity index (χ4v) is 3.74. The third-order valence-electron chi connectivity index (χ3n) is 3.97. The van der Waals surface area contributed by atoms with E-state index in [1.807, 2.05) is 11.3 Å². The van der Waals surface area contributed by atoms with Gasteiger partial charge in [0, 0.05) is 10.7 Å². The van der Waals surface area contributed by atoms with Crippen molar-refractivity contribution in [3.63, 3.8) is 0 Å². The van der Waals surface area contributed by atoms with Crippen LogP contribution in [0, 0.1) is 0 Å². The maximum absolute atomic E-state index is 6.30. The van der Waals surface area contributed by atoms with Crippen LogP contribution in [0.2, 0.25) is 0 Å². The van der Waals surface area contributed by atoms with E-state index in [0.717, 1.165) is 12.8 Å². The minimum atomic E-state index is 0.319. The Balaban J connectivity index is 1.73. The SMILES string of the molecule is CCCCCCCCC(N)Cc1csc2ccccc12. The molecule has 0 fully saturated rings. The largest absolute Gasteiger partial charge is 0.327 e. The minimum Gasteiger partial charge on any atom is -0.327 e. The number of benzene rings is 1. The smallest absolute Gasteiger partial charge is 0.0345 e. The molecular weight excluding hydrogens is 262 g/mol. The lowest BCUT2D eigenvalue weighted by Crippen LogP contribution is -2.22. The normalized spacial score (nSPS) is 12.9. The summed E-state index contributed by atoms with van der Waals surface area (Å²) in [6.45, 7) is 2.26. The molecule has 110 valence electrons. The lowest BCUT2D eigenvalue weighted by atomic mass is 10.00. The average molecular weight is 289 g/mol. The molecule has 2 N–H and O–H groups in total.